The molecule has 1 saturated heterocycles. The molecule has 2 N–H and O–H groups in total. The van der Waals surface area contributed by atoms with Gasteiger partial charge < -0.3 is 10.2 Å². The second kappa shape index (κ2) is 6.63. The minimum atomic E-state index is 0.113. The number of likely N-dealkylation sites (tertiary alicyclic amines) is 1. The Labute approximate surface area is 136 Å². The second-order valence-corrected chi connectivity index (χ2v) is 7.12. The van der Waals surface area contributed by atoms with Gasteiger partial charge in [0, 0.05) is 18.5 Å². The number of aryl methyl sites for hydroxylation is 2. The molecule has 0 bridgehead atoms. The van der Waals surface area contributed by atoms with Crippen LogP contribution in [0.3, 0.4) is 0 Å². The summed E-state index contributed by atoms with van der Waals surface area (Å²) in [6.07, 6.45) is 2.39. The molecule has 1 aliphatic heterocycles. The first-order chi connectivity index (χ1) is 10.6. The van der Waals surface area contributed by atoms with E-state index in [-0.39, 0.29) is 5.91 Å². The molecule has 1 fully saturated rings. The SMILES string of the molecule is Cc1ccc(NC(=O)C[NH+]2CCC[C@@H]2c2cccs2)cc1C. The average molecular weight is 315 g/mol. The van der Waals surface area contributed by atoms with Gasteiger partial charge in [0.2, 0.25) is 0 Å². The van der Waals surface area contributed by atoms with E-state index in [0.29, 0.717) is 12.6 Å². The van der Waals surface area contributed by atoms with Crippen LogP contribution >= 0.6 is 11.3 Å². The highest BCUT2D eigenvalue weighted by atomic mass is 32.1. The molecule has 0 saturated carbocycles. The molecule has 3 nitrogen and oxygen atoms in total. The van der Waals surface area contributed by atoms with Crippen LogP contribution in [0.1, 0.15) is 34.9 Å². The van der Waals surface area contributed by atoms with Gasteiger partial charge in [-0.05, 0) is 48.6 Å². The lowest BCUT2D eigenvalue weighted by Gasteiger charge is -2.20. The highest BCUT2D eigenvalue weighted by Crippen LogP contribution is 2.23. The first kappa shape index (κ1) is 15.3. The van der Waals surface area contributed by atoms with E-state index in [1.807, 2.05) is 12.1 Å². The van der Waals surface area contributed by atoms with Crippen molar-refractivity contribution < 1.29 is 9.69 Å². The van der Waals surface area contributed by atoms with Gasteiger partial charge in [-0.15, -0.1) is 11.3 Å². The standard InChI is InChI=1S/C18H22N2OS/c1-13-7-8-15(11-14(13)2)19-18(21)12-20-9-3-5-16(20)17-6-4-10-22-17/h4,6-8,10-11,16H,3,5,9,12H2,1-2H3,(H,19,21)/p+1/t16-/m1/s1. The molecule has 2 aromatic rings. The predicted molar refractivity (Wildman–Crippen MR) is 91.5 cm³/mol. The van der Waals surface area contributed by atoms with Crippen LogP contribution in [-0.4, -0.2) is 19.0 Å². The van der Waals surface area contributed by atoms with Crippen molar-refractivity contribution in [2.75, 3.05) is 18.4 Å². The first-order valence-corrected chi connectivity index (χ1v) is 8.76. The van der Waals surface area contributed by atoms with E-state index in [1.54, 1.807) is 11.3 Å². The summed E-state index contributed by atoms with van der Waals surface area (Å²) in [6, 6.07) is 10.9. The Balaban J connectivity index is 1.62. The summed E-state index contributed by atoms with van der Waals surface area (Å²) in [5, 5.41) is 5.17. The lowest BCUT2D eigenvalue weighted by atomic mass is 10.1. The Hall–Kier alpha value is -1.65. The molecule has 0 spiro atoms. The van der Waals surface area contributed by atoms with Crippen LogP contribution in [-0.2, 0) is 4.79 Å². The lowest BCUT2D eigenvalue weighted by Crippen LogP contribution is -3.11. The van der Waals surface area contributed by atoms with Crippen molar-refractivity contribution in [1.82, 2.24) is 0 Å². The Morgan fingerprint density at radius 2 is 2.18 bits per heavy atom. The van der Waals surface area contributed by atoms with Gasteiger partial charge in [-0.25, -0.2) is 0 Å². The number of carbonyl (C=O) groups is 1. The topological polar surface area (TPSA) is 33.5 Å². The Morgan fingerprint density at radius 3 is 2.91 bits per heavy atom. The number of nitrogens with one attached hydrogen (secondary N) is 2. The maximum Gasteiger partial charge on any atom is 0.279 e. The number of thiophene rings is 1. The maximum atomic E-state index is 12.4. The molecule has 1 unspecified atom stereocenters. The summed E-state index contributed by atoms with van der Waals surface area (Å²) in [7, 11) is 0. The van der Waals surface area contributed by atoms with Gasteiger partial charge in [0.1, 0.15) is 6.04 Å². The fraction of sp³-hybridized carbons (Fsp3) is 0.389. The molecule has 0 aliphatic carbocycles. The van der Waals surface area contributed by atoms with Crippen LogP contribution in [0.4, 0.5) is 5.69 Å². The smallest absolute Gasteiger partial charge is 0.279 e. The number of quaternary nitrogens is 1. The minimum Gasteiger partial charge on any atom is -0.321 e. The lowest BCUT2D eigenvalue weighted by molar-refractivity contribution is -0.910. The van der Waals surface area contributed by atoms with Crippen LogP contribution in [0, 0.1) is 13.8 Å². The molecular weight excluding hydrogens is 292 g/mol. The molecule has 1 amide bonds. The number of benzene rings is 1. The van der Waals surface area contributed by atoms with E-state index < -0.39 is 0 Å². The van der Waals surface area contributed by atoms with Crippen molar-refractivity contribution in [3.05, 3.63) is 51.7 Å². The van der Waals surface area contributed by atoms with E-state index in [1.165, 1.54) is 33.7 Å². The third-order valence-corrected chi connectivity index (χ3v) is 5.53. The van der Waals surface area contributed by atoms with Crippen molar-refractivity contribution in [3.8, 4) is 0 Å². The van der Waals surface area contributed by atoms with E-state index >= 15 is 0 Å². The summed E-state index contributed by atoms with van der Waals surface area (Å²) >= 11 is 1.81. The summed E-state index contributed by atoms with van der Waals surface area (Å²) in [4.78, 5) is 15.2. The Morgan fingerprint density at radius 1 is 1.32 bits per heavy atom. The fourth-order valence-corrected chi connectivity index (χ4v) is 4.11. The number of rotatable bonds is 4. The summed E-state index contributed by atoms with van der Waals surface area (Å²) in [6.45, 7) is 5.79. The number of carbonyl (C=O) groups excluding carboxylic acids is 1. The van der Waals surface area contributed by atoms with E-state index in [9.17, 15) is 4.79 Å². The number of anilines is 1. The van der Waals surface area contributed by atoms with Gasteiger partial charge in [0.15, 0.2) is 6.54 Å². The molecule has 2 atom stereocenters. The molecule has 3 rings (SSSR count). The third-order valence-electron chi connectivity index (χ3n) is 4.55. The number of hydrogen-bond acceptors (Lipinski definition) is 2. The normalized spacial score (nSPS) is 21.0. The van der Waals surface area contributed by atoms with E-state index in [0.717, 1.165) is 12.2 Å². The van der Waals surface area contributed by atoms with Crippen molar-refractivity contribution in [2.24, 2.45) is 0 Å². The highest BCUT2D eigenvalue weighted by molar-refractivity contribution is 7.10. The zero-order valence-electron chi connectivity index (χ0n) is 13.2. The molecule has 22 heavy (non-hydrogen) atoms. The van der Waals surface area contributed by atoms with Crippen molar-refractivity contribution in [1.29, 1.82) is 0 Å². The van der Waals surface area contributed by atoms with Crippen LogP contribution < -0.4 is 10.2 Å². The van der Waals surface area contributed by atoms with Crippen LogP contribution in [0.5, 0.6) is 0 Å². The quantitative estimate of drug-likeness (QED) is 0.894. The van der Waals surface area contributed by atoms with E-state index in [4.69, 9.17) is 0 Å². The molecule has 0 radical (unpaired) electrons. The van der Waals surface area contributed by atoms with Gasteiger partial charge in [-0.1, -0.05) is 12.1 Å². The number of amides is 1. The molecular formula is C18H23N2OS+. The zero-order valence-corrected chi connectivity index (χ0v) is 14.0. The largest absolute Gasteiger partial charge is 0.321 e. The van der Waals surface area contributed by atoms with Gasteiger partial charge >= 0.3 is 0 Å². The van der Waals surface area contributed by atoms with Gasteiger partial charge in [-0.2, -0.15) is 0 Å². The summed E-state index contributed by atoms with van der Waals surface area (Å²) in [5.74, 6) is 0.113. The molecule has 4 heteroatoms. The van der Waals surface area contributed by atoms with Gasteiger partial charge in [0.25, 0.3) is 5.91 Å². The summed E-state index contributed by atoms with van der Waals surface area (Å²) in [5.41, 5.74) is 3.36. The van der Waals surface area contributed by atoms with Crippen molar-refractivity contribution in [3.63, 3.8) is 0 Å². The Bertz CT molecular complexity index is 651. The fourth-order valence-electron chi connectivity index (χ4n) is 3.19. The van der Waals surface area contributed by atoms with Crippen LogP contribution in [0.15, 0.2) is 35.7 Å². The van der Waals surface area contributed by atoms with Crippen LogP contribution in [0.2, 0.25) is 0 Å². The maximum absolute atomic E-state index is 12.4. The summed E-state index contributed by atoms with van der Waals surface area (Å²) < 4.78 is 0. The molecule has 1 aromatic carbocycles. The van der Waals surface area contributed by atoms with Crippen LogP contribution in [0.25, 0.3) is 0 Å². The number of hydrogen-bond donors (Lipinski definition) is 2. The first-order valence-electron chi connectivity index (χ1n) is 7.88. The van der Waals surface area contributed by atoms with Crippen molar-refractivity contribution >= 4 is 22.9 Å². The monoisotopic (exact) mass is 315 g/mol. The van der Waals surface area contributed by atoms with Gasteiger partial charge in [0.05, 0.1) is 11.4 Å². The zero-order chi connectivity index (χ0) is 15.5. The highest BCUT2D eigenvalue weighted by Gasteiger charge is 2.32. The third kappa shape index (κ3) is 3.39. The van der Waals surface area contributed by atoms with E-state index in [2.05, 4.69) is 42.7 Å². The second-order valence-electron chi connectivity index (χ2n) is 6.14. The molecule has 1 aliphatic rings. The van der Waals surface area contributed by atoms with Gasteiger partial charge in [-0.3, -0.25) is 4.79 Å². The molecule has 1 aromatic heterocycles. The minimum absolute atomic E-state index is 0.113. The molecule has 116 valence electrons. The molecule has 2 heterocycles. The Kier molecular flexibility index (Phi) is 4.60. The average Bonchev–Trinajstić information content (AvgIpc) is 3.13. The predicted octanol–water partition coefficient (Wildman–Crippen LogP) is 2.72. The van der Waals surface area contributed by atoms with Crippen molar-refractivity contribution in [2.45, 2.75) is 32.7 Å².